The molecule has 0 spiro atoms. The van der Waals surface area contributed by atoms with Gasteiger partial charge in [-0.25, -0.2) is 0 Å². The Morgan fingerprint density at radius 1 is 1.62 bits per heavy atom. The maximum atomic E-state index is 8.58. The summed E-state index contributed by atoms with van der Waals surface area (Å²) in [5.41, 5.74) is 2.00. The second-order valence-corrected chi connectivity index (χ2v) is 3.59. The van der Waals surface area contributed by atoms with E-state index in [2.05, 4.69) is 16.4 Å². The molecule has 0 aliphatic heterocycles. The van der Waals surface area contributed by atoms with E-state index in [-0.39, 0.29) is 0 Å². The molecule has 1 aromatic rings. The van der Waals surface area contributed by atoms with Crippen molar-refractivity contribution in [2.45, 2.75) is 25.7 Å². The molecule has 0 bridgehead atoms. The first kappa shape index (κ1) is 8.24. The van der Waals surface area contributed by atoms with Crippen LogP contribution in [0, 0.1) is 17.2 Å². The highest BCUT2D eigenvalue weighted by Gasteiger charge is 2.24. The van der Waals surface area contributed by atoms with E-state index in [1.165, 1.54) is 12.8 Å². The van der Waals surface area contributed by atoms with Crippen LogP contribution in [0.15, 0.2) is 0 Å². The van der Waals surface area contributed by atoms with Gasteiger partial charge in [0.2, 0.25) is 0 Å². The lowest BCUT2D eigenvalue weighted by Gasteiger charge is -1.99. The number of rotatable bonds is 3. The van der Waals surface area contributed by atoms with E-state index in [1.54, 1.807) is 4.68 Å². The van der Waals surface area contributed by atoms with Crippen molar-refractivity contribution in [1.29, 1.82) is 5.26 Å². The molecular weight excluding hydrogens is 164 g/mol. The van der Waals surface area contributed by atoms with Crippen LogP contribution in [-0.4, -0.2) is 15.0 Å². The number of nitrogens with zero attached hydrogens (tertiary/aromatic N) is 4. The topological polar surface area (TPSA) is 54.5 Å². The Labute approximate surface area is 77.2 Å². The highest BCUT2D eigenvalue weighted by molar-refractivity contribution is 5.15. The van der Waals surface area contributed by atoms with Gasteiger partial charge in [-0.15, -0.1) is 5.10 Å². The lowest BCUT2D eigenvalue weighted by molar-refractivity contribution is 0.654. The maximum Gasteiger partial charge on any atom is 0.0999 e. The number of aryl methyl sites for hydroxylation is 1. The summed E-state index contributed by atoms with van der Waals surface area (Å²) in [4.78, 5) is 0. The molecule has 0 atom stereocenters. The number of nitriles is 1. The zero-order valence-electron chi connectivity index (χ0n) is 7.69. The molecule has 1 saturated carbocycles. The molecule has 2 rings (SSSR count). The van der Waals surface area contributed by atoms with Gasteiger partial charge in [0.1, 0.15) is 0 Å². The lowest BCUT2D eigenvalue weighted by Crippen LogP contribution is -2.01. The van der Waals surface area contributed by atoms with Crippen LogP contribution in [0.5, 0.6) is 0 Å². The van der Waals surface area contributed by atoms with E-state index in [1.807, 2.05) is 7.05 Å². The molecule has 13 heavy (non-hydrogen) atoms. The largest absolute Gasteiger partial charge is 0.252 e. The van der Waals surface area contributed by atoms with Gasteiger partial charge in [0.15, 0.2) is 0 Å². The van der Waals surface area contributed by atoms with Crippen molar-refractivity contribution in [3.8, 4) is 6.07 Å². The van der Waals surface area contributed by atoms with Gasteiger partial charge in [-0.2, -0.15) is 5.26 Å². The summed E-state index contributed by atoms with van der Waals surface area (Å²) >= 11 is 0. The monoisotopic (exact) mass is 176 g/mol. The van der Waals surface area contributed by atoms with Crippen LogP contribution in [0.3, 0.4) is 0 Å². The van der Waals surface area contributed by atoms with Crippen LogP contribution in [-0.2, 0) is 19.9 Å². The molecule has 0 aromatic carbocycles. The third-order valence-electron chi connectivity index (χ3n) is 2.45. The average molecular weight is 176 g/mol. The molecule has 0 amide bonds. The van der Waals surface area contributed by atoms with Crippen LogP contribution >= 0.6 is 0 Å². The van der Waals surface area contributed by atoms with Gasteiger partial charge in [0.05, 0.1) is 23.9 Å². The van der Waals surface area contributed by atoms with Gasteiger partial charge in [-0.3, -0.25) is 4.68 Å². The maximum absolute atomic E-state index is 8.58. The van der Waals surface area contributed by atoms with E-state index in [9.17, 15) is 0 Å². The first-order chi connectivity index (χ1) is 6.31. The van der Waals surface area contributed by atoms with E-state index >= 15 is 0 Å². The first-order valence-corrected chi connectivity index (χ1v) is 4.55. The van der Waals surface area contributed by atoms with Crippen molar-refractivity contribution in [1.82, 2.24) is 15.0 Å². The molecule has 1 aliphatic carbocycles. The van der Waals surface area contributed by atoms with Gasteiger partial charge in [0.25, 0.3) is 0 Å². The Balaban J connectivity index is 2.18. The van der Waals surface area contributed by atoms with Crippen molar-refractivity contribution in [2.24, 2.45) is 13.0 Å². The van der Waals surface area contributed by atoms with Crippen LogP contribution in [0.25, 0.3) is 0 Å². The predicted octanol–water partition coefficient (Wildman–Crippen LogP) is 0.834. The number of hydrogen-bond donors (Lipinski definition) is 0. The first-order valence-electron chi connectivity index (χ1n) is 4.55. The molecule has 0 unspecified atom stereocenters. The van der Waals surface area contributed by atoms with Gasteiger partial charge in [-0.1, -0.05) is 5.21 Å². The number of aromatic nitrogens is 3. The zero-order chi connectivity index (χ0) is 9.26. The minimum absolute atomic E-state index is 0.385. The Kier molecular flexibility index (Phi) is 2.01. The molecule has 1 heterocycles. The van der Waals surface area contributed by atoms with E-state index < -0.39 is 0 Å². The summed E-state index contributed by atoms with van der Waals surface area (Å²) in [7, 11) is 1.89. The van der Waals surface area contributed by atoms with Gasteiger partial charge in [0, 0.05) is 7.05 Å². The highest BCUT2D eigenvalue weighted by Crippen LogP contribution is 2.32. The summed E-state index contributed by atoms with van der Waals surface area (Å²) in [5, 5.41) is 16.5. The molecule has 0 saturated heterocycles. The van der Waals surface area contributed by atoms with Crippen molar-refractivity contribution in [3.63, 3.8) is 0 Å². The fraction of sp³-hybridized carbons (Fsp3) is 0.667. The standard InChI is InChI=1S/C9H12N4/c1-13-9(6-7-2-3-7)8(4-5-10)11-12-13/h7H,2-4,6H2,1H3. The summed E-state index contributed by atoms with van der Waals surface area (Å²) < 4.78 is 1.80. The Morgan fingerprint density at radius 3 is 3.00 bits per heavy atom. The highest BCUT2D eigenvalue weighted by atomic mass is 15.4. The Bertz CT molecular complexity index is 343. The minimum Gasteiger partial charge on any atom is -0.252 e. The van der Waals surface area contributed by atoms with Crippen molar-refractivity contribution in [3.05, 3.63) is 11.4 Å². The summed E-state index contributed by atoms with van der Waals surface area (Å²) in [5.74, 6) is 0.814. The van der Waals surface area contributed by atoms with Crippen molar-refractivity contribution in [2.75, 3.05) is 0 Å². The van der Waals surface area contributed by atoms with E-state index in [0.29, 0.717) is 6.42 Å². The summed E-state index contributed by atoms with van der Waals surface area (Å²) in [6, 6.07) is 2.12. The molecule has 0 radical (unpaired) electrons. The molecule has 1 fully saturated rings. The normalized spacial score (nSPS) is 15.7. The quantitative estimate of drug-likeness (QED) is 0.685. The average Bonchev–Trinajstić information content (AvgIpc) is 2.86. The predicted molar refractivity (Wildman–Crippen MR) is 46.7 cm³/mol. The third-order valence-corrected chi connectivity index (χ3v) is 2.45. The molecule has 4 nitrogen and oxygen atoms in total. The molecule has 0 N–H and O–H groups in total. The fourth-order valence-corrected chi connectivity index (χ4v) is 1.48. The molecule has 4 heteroatoms. The van der Waals surface area contributed by atoms with Gasteiger partial charge < -0.3 is 0 Å². The third kappa shape index (κ3) is 1.69. The van der Waals surface area contributed by atoms with E-state index in [0.717, 1.165) is 23.7 Å². The van der Waals surface area contributed by atoms with Crippen LogP contribution in [0.1, 0.15) is 24.2 Å². The van der Waals surface area contributed by atoms with Crippen LogP contribution in [0.2, 0.25) is 0 Å². The minimum atomic E-state index is 0.385. The Morgan fingerprint density at radius 2 is 2.38 bits per heavy atom. The molecule has 1 aromatic heterocycles. The number of hydrogen-bond acceptors (Lipinski definition) is 3. The van der Waals surface area contributed by atoms with Gasteiger partial charge >= 0.3 is 0 Å². The fourth-order valence-electron chi connectivity index (χ4n) is 1.48. The molecule has 68 valence electrons. The van der Waals surface area contributed by atoms with Crippen LogP contribution in [0.4, 0.5) is 0 Å². The second-order valence-electron chi connectivity index (χ2n) is 3.59. The Hall–Kier alpha value is -1.37. The summed E-state index contributed by atoms with van der Waals surface area (Å²) in [6.45, 7) is 0. The van der Waals surface area contributed by atoms with Crippen LogP contribution < -0.4 is 0 Å². The molecule has 1 aliphatic rings. The zero-order valence-corrected chi connectivity index (χ0v) is 7.69. The van der Waals surface area contributed by atoms with Crippen molar-refractivity contribution >= 4 is 0 Å². The van der Waals surface area contributed by atoms with E-state index in [4.69, 9.17) is 5.26 Å². The SMILES string of the molecule is Cn1nnc(CC#N)c1CC1CC1. The molecular formula is C9H12N4. The smallest absolute Gasteiger partial charge is 0.0999 e. The van der Waals surface area contributed by atoms with Gasteiger partial charge in [-0.05, 0) is 25.2 Å². The lowest BCUT2D eigenvalue weighted by atomic mass is 10.1. The summed E-state index contributed by atoms with van der Waals surface area (Å²) in [6.07, 6.45) is 4.06. The second kappa shape index (κ2) is 3.17. The van der Waals surface area contributed by atoms with Crippen molar-refractivity contribution < 1.29 is 0 Å².